The number of carboxylic acids is 2. The Morgan fingerprint density at radius 2 is 1.56 bits per heavy atom. The Kier molecular flexibility index (Phi) is 10.1. The maximum atomic E-state index is 11.5. The summed E-state index contributed by atoms with van der Waals surface area (Å²) in [6.07, 6.45) is -8.46. The van der Waals surface area contributed by atoms with Crippen LogP contribution in [0.2, 0.25) is 0 Å². The third-order valence-corrected chi connectivity index (χ3v) is 6.09. The van der Waals surface area contributed by atoms with Gasteiger partial charge in [0.1, 0.15) is 24.4 Å². The molecule has 1 heterocycles. The van der Waals surface area contributed by atoms with Gasteiger partial charge < -0.3 is 35.4 Å². The fourth-order valence-electron chi connectivity index (χ4n) is 3.36. The molecule has 7 N–H and O–H groups in total. The Balaban J connectivity index is 0.000000261. The summed E-state index contributed by atoms with van der Waals surface area (Å²) in [4.78, 5) is 22.5. The Morgan fingerprint density at radius 1 is 0.972 bits per heavy atom. The molecule has 2 aromatic carbocycles. The molecular formula is C21H23BrO13S. The van der Waals surface area contributed by atoms with Crippen molar-refractivity contribution in [3.05, 3.63) is 57.6 Å². The van der Waals surface area contributed by atoms with Crippen molar-refractivity contribution >= 4 is 38.3 Å². The highest BCUT2D eigenvalue weighted by atomic mass is 79.9. The number of hydrogen-bond donors (Lipinski definition) is 7. The Bertz CT molecular complexity index is 1200. The normalized spacial score (nSPS) is 23.9. The minimum absolute atomic E-state index is 0.00302. The number of rotatable bonds is 6. The van der Waals surface area contributed by atoms with Crippen LogP contribution in [0.5, 0.6) is 0 Å². The molecule has 0 radical (unpaired) electrons. The second-order valence-electron chi connectivity index (χ2n) is 7.50. The number of aromatic carboxylic acids is 2. The summed E-state index contributed by atoms with van der Waals surface area (Å²) in [5.41, 5.74) is 1.51. The number of carbonyl (C=O) groups is 2. The average Bonchev–Trinajstić information content (AvgIpc) is 2.79. The first-order chi connectivity index (χ1) is 16.7. The van der Waals surface area contributed by atoms with Crippen LogP contribution < -0.4 is 0 Å². The standard InChI is InChI=1S/C15H11BrO4.C6H12O9S/c1-8-11(14(17)18)6-7-12(13(8)15(19)20)9-2-4-10(16)5-3-9;7-1-2-3(8)4(9)5(10)6(14-2)15-16(11,12)13/h2-7H,1H3,(H,17,18)(H,19,20);2-10H,1H2,(H,11,12,13)/t;2-,3-,4+,5-,6+/m.1/s1. The molecule has 15 heteroatoms. The summed E-state index contributed by atoms with van der Waals surface area (Å²) in [6.45, 7) is 0.783. The van der Waals surface area contributed by atoms with Gasteiger partial charge in [0.2, 0.25) is 6.29 Å². The van der Waals surface area contributed by atoms with E-state index in [9.17, 15) is 38.4 Å². The van der Waals surface area contributed by atoms with Gasteiger partial charge in [-0.05, 0) is 41.8 Å². The molecule has 0 bridgehead atoms. The van der Waals surface area contributed by atoms with Crippen molar-refractivity contribution in [3.63, 3.8) is 0 Å². The highest BCUT2D eigenvalue weighted by Gasteiger charge is 2.45. The molecule has 13 nitrogen and oxygen atoms in total. The molecule has 1 fully saturated rings. The van der Waals surface area contributed by atoms with Crippen LogP contribution >= 0.6 is 15.9 Å². The van der Waals surface area contributed by atoms with Gasteiger partial charge in [0.15, 0.2) is 0 Å². The number of aliphatic hydroxyl groups excluding tert-OH is 4. The number of benzene rings is 2. The van der Waals surface area contributed by atoms with Gasteiger partial charge in [0.05, 0.1) is 17.7 Å². The van der Waals surface area contributed by atoms with E-state index in [0.29, 0.717) is 5.56 Å². The first-order valence-corrected chi connectivity index (χ1v) is 12.2. The minimum atomic E-state index is -4.89. The Labute approximate surface area is 213 Å². The smallest absolute Gasteiger partial charge is 0.399 e. The zero-order valence-corrected chi connectivity index (χ0v) is 20.8. The molecule has 5 atom stereocenters. The molecule has 2 aromatic rings. The fraction of sp³-hybridized carbons (Fsp3) is 0.333. The molecule has 0 aromatic heterocycles. The second kappa shape index (κ2) is 12.2. The highest BCUT2D eigenvalue weighted by Crippen LogP contribution is 2.29. The molecule has 198 valence electrons. The quantitative estimate of drug-likeness (QED) is 0.225. The number of carboxylic acid groups (broad SMARTS) is 2. The molecule has 0 aliphatic carbocycles. The van der Waals surface area contributed by atoms with Crippen molar-refractivity contribution in [2.75, 3.05) is 6.61 Å². The van der Waals surface area contributed by atoms with Gasteiger partial charge in [-0.3, -0.25) is 4.55 Å². The predicted molar refractivity (Wildman–Crippen MR) is 125 cm³/mol. The summed E-state index contributed by atoms with van der Waals surface area (Å²) in [6, 6.07) is 10.1. The second-order valence-corrected chi connectivity index (χ2v) is 9.46. The zero-order valence-electron chi connectivity index (χ0n) is 18.4. The van der Waals surface area contributed by atoms with E-state index in [2.05, 4.69) is 24.8 Å². The lowest BCUT2D eigenvalue weighted by Gasteiger charge is -2.38. The van der Waals surface area contributed by atoms with E-state index in [1.54, 1.807) is 24.3 Å². The first-order valence-electron chi connectivity index (χ1n) is 10.00. The lowest BCUT2D eigenvalue weighted by atomic mass is 9.92. The van der Waals surface area contributed by atoms with Gasteiger partial charge in [-0.2, -0.15) is 8.42 Å². The van der Waals surface area contributed by atoms with Gasteiger partial charge in [0, 0.05) is 4.47 Å². The lowest BCUT2D eigenvalue weighted by Crippen LogP contribution is -2.59. The summed E-state index contributed by atoms with van der Waals surface area (Å²) < 4.78 is 38.5. The van der Waals surface area contributed by atoms with Crippen LogP contribution in [0.1, 0.15) is 26.3 Å². The molecule has 0 spiro atoms. The van der Waals surface area contributed by atoms with Crippen LogP contribution in [0.3, 0.4) is 0 Å². The van der Waals surface area contributed by atoms with E-state index in [1.165, 1.54) is 19.1 Å². The van der Waals surface area contributed by atoms with Gasteiger partial charge >= 0.3 is 22.3 Å². The Hall–Kier alpha value is -2.47. The third kappa shape index (κ3) is 7.28. The van der Waals surface area contributed by atoms with E-state index in [1.807, 2.05) is 0 Å². The number of ether oxygens (including phenoxy) is 1. The minimum Gasteiger partial charge on any atom is -0.478 e. The number of hydrogen-bond acceptors (Lipinski definition) is 10. The van der Waals surface area contributed by atoms with Crippen molar-refractivity contribution < 1.29 is 62.1 Å². The molecule has 1 aliphatic heterocycles. The van der Waals surface area contributed by atoms with Crippen molar-refractivity contribution in [2.24, 2.45) is 0 Å². The molecular weight excluding hydrogens is 572 g/mol. The van der Waals surface area contributed by atoms with E-state index in [0.717, 1.165) is 10.0 Å². The average molecular weight is 595 g/mol. The first kappa shape index (κ1) is 29.8. The van der Waals surface area contributed by atoms with Crippen LogP contribution in [0.25, 0.3) is 11.1 Å². The largest absolute Gasteiger partial charge is 0.478 e. The fourth-order valence-corrected chi connectivity index (χ4v) is 4.02. The summed E-state index contributed by atoms with van der Waals surface area (Å²) in [5.74, 6) is -2.27. The summed E-state index contributed by atoms with van der Waals surface area (Å²) in [5, 5.41) is 55.0. The predicted octanol–water partition coefficient (Wildman–Crippen LogP) is 0.427. The maximum absolute atomic E-state index is 11.5. The topological polar surface area (TPSA) is 228 Å². The van der Waals surface area contributed by atoms with E-state index < -0.39 is 59.7 Å². The van der Waals surface area contributed by atoms with Crippen LogP contribution in [-0.2, 0) is 19.3 Å². The van der Waals surface area contributed by atoms with Crippen molar-refractivity contribution in [3.8, 4) is 11.1 Å². The molecule has 0 unspecified atom stereocenters. The van der Waals surface area contributed by atoms with Crippen LogP contribution in [0, 0.1) is 6.92 Å². The summed E-state index contributed by atoms with van der Waals surface area (Å²) >= 11 is 3.32. The highest BCUT2D eigenvalue weighted by molar-refractivity contribution is 9.10. The lowest BCUT2D eigenvalue weighted by molar-refractivity contribution is -0.277. The van der Waals surface area contributed by atoms with Crippen LogP contribution in [-0.4, -0.2) is 92.9 Å². The number of aliphatic hydroxyl groups is 4. The van der Waals surface area contributed by atoms with E-state index in [4.69, 9.17) is 14.8 Å². The molecule has 0 amide bonds. The third-order valence-electron chi connectivity index (χ3n) is 5.13. The van der Waals surface area contributed by atoms with Crippen LogP contribution in [0.4, 0.5) is 0 Å². The number of halogens is 1. The Morgan fingerprint density at radius 3 is 2.03 bits per heavy atom. The van der Waals surface area contributed by atoms with Crippen molar-refractivity contribution in [2.45, 2.75) is 37.6 Å². The van der Waals surface area contributed by atoms with E-state index >= 15 is 0 Å². The van der Waals surface area contributed by atoms with Gasteiger partial charge in [-0.15, -0.1) is 0 Å². The van der Waals surface area contributed by atoms with Gasteiger partial charge in [0.25, 0.3) is 0 Å². The molecule has 36 heavy (non-hydrogen) atoms. The van der Waals surface area contributed by atoms with Crippen molar-refractivity contribution in [1.82, 2.24) is 0 Å². The van der Waals surface area contributed by atoms with Gasteiger partial charge in [-0.25, -0.2) is 13.8 Å². The van der Waals surface area contributed by atoms with Crippen molar-refractivity contribution in [1.29, 1.82) is 0 Å². The maximum Gasteiger partial charge on any atom is 0.399 e. The molecule has 1 aliphatic rings. The summed E-state index contributed by atoms with van der Waals surface area (Å²) in [7, 11) is -4.89. The molecule has 1 saturated heterocycles. The zero-order chi connectivity index (χ0) is 27.4. The van der Waals surface area contributed by atoms with Crippen LogP contribution in [0.15, 0.2) is 40.9 Å². The van der Waals surface area contributed by atoms with Gasteiger partial charge in [-0.1, -0.05) is 34.1 Å². The monoisotopic (exact) mass is 594 g/mol. The SMILES string of the molecule is Cc1c(C(=O)O)ccc(-c2ccc(Br)cc2)c1C(=O)O.O=S(=O)(O)O[C@@H]1O[C@H](CO)[C@@H](O)[C@H](O)[C@H]1O. The van der Waals surface area contributed by atoms with E-state index in [-0.39, 0.29) is 16.7 Å². The molecule has 0 saturated carbocycles. The molecule has 3 rings (SSSR count).